The maximum Gasteiger partial charge on any atom is 0.236 e. The third kappa shape index (κ3) is 5.01. The van der Waals surface area contributed by atoms with E-state index in [4.69, 9.17) is 0 Å². The number of pyridine rings is 1. The van der Waals surface area contributed by atoms with Crippen LogP contribution in [0.1, 0.15) is 31.2 Å². The zero-order chi connectivity index (χ0) is 15.9. The minimum Gasteiger partial charge on any atom is -0.342 e. The molecule has 2 aliphatic heterocycles. The summed E-state index contributed by atoms with van der Waals surface area (Å²) in [5.74, 6) is 0.326. The number of amides is 1. The Hall–Kier alpha value is -1.46. The van der Waals surface area contributed by atoms with E-state index in [1.54, 1.807) is 0 Å². The van der Waals surface area contributed by atoms with E-state index in [1.165, 1.54) is 31.2 Å². The molecule has 0 N–H and O–H groups in total. The van der Waals surface area contributed by atoms with Gasteiger partial charge in [-0.05, 0) is 24.5 Å². The van der Waals surface area contributed by atoms with E-state index in [0.717, 1.165) is 45.8 Å². The monoisotopic (exact) mass is 316 g/mol. The summed E-state index contributed by atoms with van der Waals surface area (Å²) < 4.78 is 0. The second kappa shape index (κ2) is 8.41. The van der Waals surface area contributed by atoms with E-state index >= 15 is 0 Å². The van der Waals surface area contributed by atoms with Crippen molar-refractivity contribution in [3.8, 4) is 0 Å². The number of rotatable bonds is 4. The maximum absolute atomic E-state index is 12.5. The van der Waals surface area contributed by atoms with E-state index in [0.29, 0.717) is 12.5 Å². The van der Waals surface area contributed by atoms with Gasteiger partial charge < -0.3 is 4.90 Å². The lowest BCUT2D eigenvalue weighted by Crippen LogP contribution is -2.49. The van der Waals surface area contributed by atoms with Gasteiger partial charge in [0, 0.05) is 58.2 Å². The molecular weight excluding hydrogens is 288 g/mol. The first-order valence-corrected chi connectivity index (χ1v) is 8.93. The summed E-state index contributed by atoms with van der Waals surface area (Å²) in [5, 5.41) is 0. The molecule has 1 amide bonds. The van der Waals surface area contributed by atoms with Crippen LogP contribution in [0.25, 0.3) is 0 Å². The third-order valence-electron chi connectivity index (χ3n) is 4.91. The van der Waals surface area contributed by atoms with Crippen molar-refractivity contribution in [2.75, 3.05) is 45.8 Å². The van der Waals surface area contributed by atoms with Gasteiger partial charge in [-0.3, -0.25) is 19.6 Å². The second-order valence-corrected chi connectivity index (χ2v) is 6.71. The van der Waals surface area contributed by atoms with Crippen LogP contribution in [0.2, 0.25) is 0 Å². The Labute approximate surface area is 139 Å². The first-order chi connectivity index (χ1) is 11.3. The standard InChI is InChI=1S/C18H28N4O/c23-18(22-8-3-1-2-4-9-22)16-21-12-10-20(11-13-21)15-17-6-5-7-19-14-17/h5-7,14H,1-4,8-13,15-16H2. The SMILES string of the molecule is O=C(CN1CCN(Cc2cccnc2)CC1)N1CCCCCC1. The fourth-order valence-corrected chi connectivity index (χ4v) is 3.47. The number of aromatic nitrogens is 1. The molecule has 0 saturated carbocycles. The van der Waals surface area contributed by atoms with Gasteiger partial charge in [0.05, 0.1) is 6.54 Å². The summed E-state index contributed by atoms with van der Waals surface area (Å²) in [4.78, 5) is 23.5. The topological polar surface area (TPSA) is 39.7 Å². The average Bonchev–Trinajstić information content (AvgIpc) is 2.87. The number of piperazine rings is 1. The van der Waals surface area contributed by atoms with Gasteiger partial charge in [-0.25, -0.2) is 0 Å². The highest BCUT2D eigenvalue weighted by molar-refractivity contribution is 5.78. The molecule has 2 saturated heterocycles. The van der Waals surface area contributed by atoms with Crippen LogP contribution in [0.15, 0.2) is 24.5 Å². The van der Waals surface area contributed by atoms with Crippen molar-refractivity contribution in [2.24, 2.45) is 0 Å². The normalized spacial score (nSPS) is 21.1. The lowest BCUT2D eigenvalue weighted by molar-refractivity contribution is -0.132. The van der Waals surface area contributed by atoms with Gasteiger partial charge in [-0.2, -0.15) is 0 Å². The molecule has 0 spiro atoms. The van der Waals surface area contributed by atoms with Gasteiger partial charge in [0.15, 0.2) is 0 Å². The summed E-state index contributed by atoms with van der Waals surface area (Å²) in [5.41, 5.74) is 1.27. The molecule has 1 aromatic rings. The Morgan fingerprint density at radius 2 is 1.65 bits per heavy atom. The molecule has 0 aromatic carbocycles. The van der Waals surface area contributed by atoms with Gasteiger partial charge in [-0.15, -0.1) is 0 Å². The van der Waals surface area contributed by atoms with E-state index in [9.17, 15) is 4.79 Å². The molecule has 3 rings (SSSR count). The number of likely N-dealkylation sites (tertiary alicyclic amines) is 1. The zero-order valence-corrected chi connectivity index (χ0v) is 14.0. The van der Waals surface area contributed by atoms with Crippen molar-refractivity contribution in [3.63, 3.8) is 0 Å². The molecule has 0 bridgehead atoms. The van der Waals surface area contributed by atoms with Crippen LogP contribution < -0.4 is 0 Å². The Balaban J connectivity index is 1.41. The molecule has 23 heavy (non-hydrogen) atoms. The number of hydrogen-bond acceptors (Lipinski definition) is 4. The lowest BCUT2D eigenvalue weighted by Gasteiger charge is -2.35. The maximum atomic E-state index is 12.5. The van der Waals surface area contributed by atoms with Crippen LogP contribution in [-0.4, -0.2) is 71.4 Å². The summed E-state index contributed by atoms with van der Waals surface area (Å²) in [6.07, 6.45) is 8.65. The first kappa shape index (κ1) is 16.4. The van der Waals surface area contributed by atoms with E-state index < -0.39 is 0 Å². The minimum absolute atomic E-state index is 0.326. The minimum atomic E-state index is 0.326. The molecule has 0 atom stereocenters. The van der Waals surface area contributed by atoms with Gasteiger partial charge in [0.25, 0.3) is 0 Å². The Bertz CT molecular complexity index is 477. The van der Waals surface area contributed by atoms with E-state index in [-0.39, 0.29) is 0 Å². The number of carbonyl (C=O) groups is 1. The van der Waals surface area contributed by atoms with Crippen LogP contribution in [0.3, 0.4) is 0 Å². The average molecular weight is 316 g/mol. The van der Waals surface area contributed by atoms with Crippen LogP contribution in [0, 0.1) is 0 Å². The Kier molecular flexibility index (Phi) is 6.00. The predicted molar refractivity (Wildman–Crippen MR) is 91.0 cm³/mol. The fraction of sp³-hybridized carbons (Fsp3) is 0.667. The molecule has 5 heteroatoms. The van der Waals surface area contributed by atoms with Crippen LogP contribution in [0.4, 0.5) is 0 Å². The number of hydrogen-bond donors (Lipinski definition) is 0. The quantitative estimate of drug-likeness (QED) is 0.846. The highest BCUT2D eigenvalue weighted by atomic mass is 16.2. The number of carbonyl (C=O) groups excluding carboxylic acids is 1. The zero-order valence-electron chi connectivity index (χ0n) is 14.0. The largest absolute Gasteiger partial charge is 0.342 e. The lowest BCUT2D eigenvalue weighted by atomic mass is 10.2. The van der Waals surface area contributed by atoms with Crippen molar-refractivity contribution in [1.82, 2.24) is 19.7 Å². The van der Waals surface area contributed by atoms with Crippen molar-refractivity contribution >= 4 is 5.91 Å². The van der Waals surface area contributed by atoms with Gasteiger partial charge in [-0.1, -0.05) is 18.9 Å². The van der Waals surface area contributed by atoms with Crippen LogP contribution >= 0.6 is 0 Å². The van der Waals surface area contributed by atoms with Crippen molar-refractivity contribution in [3.05, 3.63) is 30.1 Å². The van der Waals surface area contributed by atoms with E-state index in [2.05, 4.69) is 25.8 Å². The van der Waals surface area contributed by atoms with Crippen LogP contribution in [-0.2, 0) is 11.3 Å². The Morgan fingerprint density at radius 1 is 0.957 bits per heavy atom. The van der Waals surface area contributed by atoms with Crippen molar-refractivity contribution in [1.29, 1.82) is 0 Å². The molecule has 1 aromatic heterocycles. The fourth-order valence-electron chi connectivity index (χ4n) is 3.47. The third-order valence-corrected chi connectivity index (χ3v) is 4.91. The summed E-state index contributed by atoms with van der Waals surface area (Å²) >= 11 is 0. The molecule has 0 radical (unpaired) electrons. The Morgan fingerprint density at radius 3 is 2.30 bits per heavy atom. The molecule has 3 heterocycles. The molecule has 126 valence electrons. The second-order valence-electron chi connectivity index (χ2n) is 6.71. The van der Waals surface area contributed by atoms with Gasteiger partial charge in [0.2, 0.25) is 5.91 Å². The molecule has 0 unspecified atom stereocenters. The van der Waals surface area contributed by atoms with Crippen molar-refractivity contribution < 1.29 is 4.79 Å². The smallest absolute Gasteiger partial charge is 0.236 e. The molecule has 2 fully saturated rings. The predicted octanol–water partition coefficient (Wildman–Crippen LogP) is 1.60. The van der Waals surface area contributed by atoms with Crippen molar-refractivity contribution in [2.45, 2.75) is 32.2 Å². The van der Waals surface area contributed by atoms with Gasteiger partial charge in [0.1, 0.15) is 0 Å². The number of nitrogens with zero attached hydrogens (tertiary/aromatic N) is 4. The summed E-state index contributed by atoms with van der Waals surface area (Å²) in [6.45, 7) is 7.51. The van der Waals surface area contributed by atoms with Crippen LogP contribution in [0.5, 0.6) is 0 Å². The van der Waals surface area contributed by atoms with E-state index in [1.807, 2.05) is 18.5 Å². The summed E-state index contributed by atoms with van der Waals surface area (Å²) in [6, 6.07) is 4.12. The highest BCUT2D eigenvalue weighted by Gasteiger charge is 2.22. The van der Waals surface area contributed by atoms with Gasteiger partial charge >= 0.3 is 0 Å². The highest BCUT2D eigenvalue weighted by Crippen LogP contribution is 2.11. The molecule has 5 nitrogen and oxygen atoms in total. The molecular formula is C18H28N4O. The molecule has 0 aliphatic carbocycles. The molecule has 2 aliphatic rings. The first-order valence-electron chi connectivity index (χ1n) is 8.93. The summed E-state index contributed by atoms with van der Waals surface area (Å²) in [7, 11) is 0.